The second kappa shape index (κ2) is 13.5. The highest BCUT2D eigenvalue weighted by molar-refractivity contribution is 5.88. The Morgan fingerprint density at radius 3 is 2.03 bits per heavy atom. The molecule has 3 aromatic carbocycles. The minimum atomic E-state index is -0.507. The summed E-state index contributed by atoms with van der Waals surface area (Å²) < 4.78 is 0. The summed E-state index contributed by atoms with van der Waals surface area (Å²) in [6, 6.07) is 28.0. The fraction of sp³-hybridized carbons (Fsp3) is 0.355. The van der Waals surface area contributed by atoms with Crippen LogP contribution in [0.4, 0.5) is 0 Å². The molecule has 0 bridgehead atoms. The van der Waals surface area contributed by atoms with Crippen LogP contribution >= 0.6 is 0 Å². The Kier molecular flexibility index (Phi) is 10.1. The van der Waals surface area contributed by atoms with E-state index in [0.29, 0.717) is 25.9 Å². The van der Waals surface area contributed by atoms with E-state index in [2.05, 4.69) is 42.6 Å². The number of rotatable bonds is 12. The molecule has 3 rings (SSSR count). The summed E-state index contributed by atoms with van der Waals surface area (Å²) in [7, 11) is 0. The number of nitrogens with one attached hydrogen (secondary N) is 1. The number of hydrogen-bond donors (Lipinski definition) is 1. The highest BCUT2D eigenvalue weighted by atomic mass is 16.2. The Balaban J connectivity index is 1.92. The van der Waals surface area contributed by atoms with Gasteiger partial charge in [-0.3, -0.25) is 9.59 Å². The number of carbonyl (C=O) groups excluding carboxylic acids is 2. The van der Waals surface area contributed by atoms with E-state index in [1.165, 1.54) is 0 Å². The molecular weight excluding hydrogens is 432 g/mol. The quantitative estimate of drug-likeness (QED) is 0.319. The van der Waals surface area contributed by atoms with Crippen molar-refractivity contribution in [3.63, 3.8) is 0 Å². The fourth-order valence-corrected chi connectivity index (χ4v) is 4.52. The summed E-state index contributed by atoms with van der Waals surface area (Å²) in [5.74, 6) is -0.162. The Labute approximate surface area is 210 Å². The summed E-state index contributed by atoms with van der Waals surface area (Å²) in [6.07, 6.45) is 2.81. The minimum Gasteiger partial charge on any atom is -0.354 e. The summed E-state index contributed by atoms with van der Waals surface area (Å²) in [4.78, 5) is 28.9. The molecule has 0 aliphatic heterocycles. The summed E-state index contributed by atoms with van der Waals surface area (Å²) in [6.45, 7) is 7.17. The molecule has 4 heteroatoms. The van der Waals surface area contributed by atoms with Gasteiger partial charge in [0.15, 0.2) is 0 Å². The lowest BCUT2D eigenvalue weighted by Gasteiger charge is -2.32. The van der Waals surface area contributed by atoms with Gasteiger partial charge in [-0.05, 0) is 36.5 Å². The van der Waals surface area contributed by atoms with Gasteiger partial charge in [-0.1, -0.05) is 111 Å². The molecule has 4 nitrogen and oxygen atoms in total. The number of amides is 2. The van der Waals surface area contributed by atoms with E-state index in [-0.39, 0.29) is 17.7 Å². The summed E-state index contributed by atoms with van der Waals surface area (Å²) in [5.41, 5.74) is 4.38. The third-order valence-electron chi connectivity index (χ3n) is 6.43. The lowest BCUT2D eigenvalue weighted by molar-refractivity contribution is -0.141. The highest BCUT2D eigenvalue weighted by Crippen LogP contribution is 2.29. The van der Waals surface area contributed by atoms with Crippen LogP contribution in [0.2, 0.25) is 0 Å². The molecule has 0 unspecified atom stereocenters. The van der Waals surface area contributed by atoms with Gasteiger partial charge in [0, 0.05) is 25.4 Å². The number of carbonyl (C=O) groups is 2. The zero-order valence-electron chi connectivity index (χ0n) is 21.2. The molecule has 1 N–H and O–H groups in total. The Bertz CT molecular complexity index is 1030. The van der Waals surface area contributed by atoms with Crippen LogP contribution in [-0.4, -0.2) is 29.3 Å². The molecule has 184 valence electrons. The van der Waals surface area contributed by atoms with Crippen LogP contribution in [-0.2, 0) is 16.1 Å². The SMILES string of the molecule is CCCCNC(=O)[C@@H](CC)N(Cc1cccc(C)c1)C(=O)CC(c1ccccc1)c1ccccc1. The van der Waals surface area contributed by atoms with Crippen molar-refractivity contribution >= 4 is 11.8 Å². The lowest BCUT2D eigenvalue weighted by atomic mass is 9.88. The van der Waals surface area contributed by atoms with Gasteiger partial charge < -0.3 is 10.2 Å². The average Bonchev–Trinajstić information content (AvgIpc) is 2.88. The number of nitrogens with zero attached hydrogens (tertiary/aromatic N) is 1. The van der Waals surface area contributed by atoms with Crippen LogP contribution in [0.1, 0.15) is 67.7 Å². The van der Waals surface area contributed by atoms with Crippen molar-refractivity contribution in [3.8, 4) is 0 Å². The number of benzene rings is 3. The van der Waals surface area contributed by atoms with Crippen molar-refractivity contribution in [2.75, 3.05) is 6.54 Å². The zero-order chi connectivity index (χ0) is 25.0. The molecule has 0 aliphatic rings. The largest absolute Gasteiger partial charge is 0.354 e. The molecule has 1 atom stereocenters. The topological polar surface area (TPSA) is 49.4 Å². The highest BCUT2D eigenvalue weighted by Gasteiger charge is 2.30. The van der Waals surface area contributed by atoms with Crippen molar-refractivity contribution in [3.05, 3.63) is 107 Å². The second-order valence-electron chi connectivity index (χ2n) is 9.16. The molecular formula is C31H38N2O2. The Hall–Kier alpha value is -3.40. The first-order valence-electron chi connectivity index (χ1n) is 12.8. The molecule has 0 aromatic heterocycles. The van der Waals surface area contributed by atoms with E-state index in [0.717, 1.165) is 35.1 Å². The van der Waals surface area contributed by atoms with E-state index in [4.69, 9.17) is 0 Å². The van der Waals surface area contributed by atoms with Gasteiger partial charge in [0.25, 0.3) is 0 Å². The Morgan fingerprint density at radius 2 is 1.49 bits per heavy atom. The molecule has 0 saturated heterocycles. The van der Waals surface area contributed by atoms with Gasteiger partial charge in [0.1, 0.15) is 6.04 Å². The molecule has 0 fully saturated rings. The molecule has 0 saturated carbocycles. The van der Waals surface area contributed by atoms with Gasteiger partial charge in [-0.2, -0.15) is 0 Å². The molecule has 2 amide bonds. The van der Waals surface area contributed by atoms with Crippen LogP contribution in [0.15, 0.2) is 84.9 Å². The predicted octanol–water partition coefficient (Wildman–Crippen LogP) is 6.24. The van der Waals surface area contributed by atoms with Crippen molar-refractivity contribution in [2.45, 2.75) is 65.0 Å². The minimum absolute atomic E-state index is 0.0123. The molecule has 0 aliphatic carbocycles. The predicted molar refractivity (Wildman–Crippen MR) is 143 cm³/mol. The maximum atomic E-state index is 14.0. The maximum Gasteiger partial charge on any atom is 0.242 e. The summed E-state index contributed by atoms with van der Waals surface area (Å²) in [5, 5.41) is 3.05. The van der Waals surface area contributed by atoms with Crippen molar-refractivity contribution in [1.82, 2.24) is 10.2 Å². The van der Waals surface area contributed by atoms with Crippen molar-refractivity contribution < 1.29 is 9.59 Å². The van der Waals surface area contributed by atoms with Gasteiger partial charge in [-0.15, -0.1) is 0 Å². The van der Waals surface area contributed by atoms with E-state index < -0.39 is 6.04 Å². The van der Waals surface area contributed by atoms with Crippen LogP contribution in [0, 0.1) is 6.92 Å². The van der Waals surface area contributed by atoms with Crippen LogP contribution in [0.25, 0.3) is 0 Å². The standard InChI is InChI=1S/C31H38N2O2/c1-4-6-20-32-31(35)29(5-2)33(23-25-15-13-14-24(3)21-25)30(34)22-28(26-16-9-7-10-17-26)27-18-11-8-12-19-27/h7-19,21,28-29H,4-6,20,22-23H2,1-3H3,(H,32,35)/t29-/m1/s1. The van der Waals surface area contributed by atoms with Crippen LogP contribution in [0.5, 0.6) is 0 Å². The average molecular weight is 471 g/mol. The van der Waals surface area contributed by atoms with Crippen LogP contribution < -0.4 is 5.32 Å². The maximum absolute atomic E-state index is 14.0. The van der Waals surface area contributed by atoms with E-state index in [1.54, 1.807) is 4.90 Å². The molecule has 35 heavy (non-hydrogen) atoms. The second-order valence-corrected chi connectivity index (χ2v) is 9.16. The third kappa shape index (κ3) is 7.54. The fourth-order valence-electron chi connectivity index (χ4n) is 4.52. The van der Waals surface area contributed by atoms with Gasteiger partial charge >= 0.3 is 0 Å². The summed E-state index contributed by atoms with van der Waals surface area (Å²) >= 11 is 0. The van der Waals surface area contributed by atoms with E-state index in [9.17, 15) is 9.59 Å². The molecule has 0 heterocycles. The lowest BCUT2D eigenvalue weighted by Crippen LogP contribution is -2.49. The van der Waals surface area contributed by atoms with Gasteiger partial charge in [0.05, 0.1) is 0 Å². The molecule has 0 spiro atoms. The smallest absolute Gasteiger partial charge is 0.242 e. The van der Waals surface area contributed by atoms with Gasteiger partial charge in [-0.25, -0.2) is 0 Å². The van der Waals surface area contributed by atoms with Crippen molar-refractivity contribution in [2.24, 2.45) is 0 Å². The van der Waals surface area contributed by atoms with E-state index >= 15 is 0 Å². The van der Waals surface area contributed by atoms with Crippen LogP contribution in [0.3, 0.4) is 0 Å². The first-order chi connectivity index (χ1) is 17.0. The Morgan fingerprint density at radius 1 is 0.857 bits per heavy atom. The normalized spacial score (nSPS) is 11.8. The number of unbranched alkanes of at least 4 members (excludes halogenated alkanes) is 1. The third-order valence-corrected chi connectivity index (χ3v) is 6.43. The zero-order valence-corrected chi connectivity index (χ0v) is 21.2. The monoisotopic (exact) mass is 470 g/mol. The number of aryl methyl sites for hydroxylation is 1. The molecule has 0 radical (unpaired) electrons. The molecule has 3 aromatic rings. The first-order valence-corrected chi connectivity index (χ1v) is 12.8. The van der Waals surface area contributed by atoms with Gasteiger partial charge in [0.2, 0.25) is 11.8 Å². The van der Waals surface area contributed by atoms with E-state index in [1.807, 2.05) is 68.4 Å². The van der Waals surface area contributed by atoms with Crippen molar-refractivity contribution in [1.29, 1.82) is 0 Å². The number of hydrogen-bond acceptors (Lipinski definition) is 2. The first kappa shape index (κ1) is 26.2.